The molecule has 0 amide bonds. The Morgan fingerprint density at radius 3 is 3.04 bits per heavy atom. The Morgan fingerprint density at radius 2 is 2.32 bits per heavy atom. The van der Waals surface area contributed by atoms with Crippen LogP contribution in [0.1, 0.15) is 29.7 Å². The number of methoxy groups -OCH3 is 1. The molecule has 2 heterocycles. The number of aromatic nitrogens is 2. The van der Waals surface area contributed by atoms with Crippen LogP contribution in [0.3, 0.4) is 0 Å². The molecule has 130 valence electrons. The second-order valence-corrected chi connectivity index (χ2v) is 5.95. The first-order valence-electron chi connectivity index (χ1n) is 7.81. The molecule has 0 saturated carbocycles. The van der Waals surface area contributed by atoms with Crippen LogP contribution in [0, 0.1) is 10.1 Å². The smallest absolute Gasteiger partial charge is 0.330 e. The van der Waals surface area contributed by atoms with E-state index in [1.807, 2.05) is 4.90 Å². The van der Waals surface area contributed by atoms with Crippen molar-refractivity contribution in [2.45, 2.75) is 19.4 Å². The van der Waals surface area contributed by atoms with Crippen LogP contribution in [0.4, 0.5) is 11.4 Å². The number of carbonyl (C=O) groups excluding carboxylic acids is 1. The lowest BCUT2D eigenvalue weighted by Crippen LogP contribution is -2.32. The van der Waals surface area contributed by atoms with Crippen molar-refractivity contribution in [1.82, 2.24) is 10.2 Å². The number of esters is 1. The molecule has 0 spiro atoms. The number of nitrogens with one attached hydrogen (secondary N) is 1. The normalized spacial score (nSPS) is 16.7. The Kier molecular flexibility index (Phi) is 4.51. The van der Waals surface area contributed by atoms with Gasteiger partial charge in [0.05, 0.1) is 18.2 Å². The van der Waals surface area contributed by atoms with Crippen molar-refractivity contribution in [3.63, 3.8) is 0 Å². The van der Waals surface area contributed by atoms with Gasteiger partial charge in [0.1, 0.15) is 5.69 Å². The van der Waals surface area contributed by atoms with E-state index in [1.54, 1.807) is 18.3 Å². The van der Waals surface area contributed by atoms with Gasteiger partial charge in [-0.25, -0.2) is 4.79 Å². The fraction of sp³-hybridized carbons (Fsp3) is 0.294. The third kappa shape index (κ3) is 3.37. The molecule has 25 heavy (non-hydrogen) atoms. The van der Waals surface area contributed by atoms with Crippen molar-refractivity contribution in [2.75, 3.05) is 18.6 Å². The fourth-order valence-electron chi connectivity index (χ4n) is 3.04. The second-order valence-electron chi connectivity index (χ2n) is 5.95. The SMILES string of the molecule is COC(=O)/C=C/c1ccc(N2Cc3cn[nH]c3C(C)C2)c([N+](=O)[O-])c1. The summed E-state index contributed by atoms with van der Waals surface area (Å²) in [5, 5.41) is 18.6. The van der Waals surface area contributed by atoms with Gasteiger partial charge in [0.25, 0.3) is 5.69 Å². The summed E-state index contributed by atoms with van der Waals surface area (Å²) in [6.07, 6.45) is 4.49. The largest absolute Gasteiger partial charge is 0.466 e. The topological polar surface area (TPSA) is 101 Å². The molecular weight excluding hydrogens is 324 g/mol. The fourth-order valence-corrected chi connectivity index (χ4v) is 3.04. The lowest BCUT2D eigenvalue weighted by atomic mass is 9.97. The third-order valence-corrected chi connectivity index (χ3v) is 4.25. The molecule has 1 aliphatic rings. The van der Waals surface area contributed by atoms with E-state index < -0.39 is 10.9 Å². The van der Waals surface area contributed by atoms with Gasteiger partial charge in [-0.05, 0) is 17.7 Å². The molecule has 8 heteroatoms. The molecule has 1 N–H and O–H groups in total. The maximum Gasteiger partial charge on any atom is 0.330 e. The Balaban J connectivity index is 1.93. The zero-order chi connectivity index (χ0) is 18.0. The average molecular weight is 342 g/mol. The summed E-state index contributed by atoms with van der Waals surface area (Å²) in [5.74, 6) is -0.311. The zero-order valence-corrected chi connectivity index (χ0v) is 13.9. The summed E-state index contributed by atoms with van der Waals surface area (Å²) >= 11 is 0. The van der Waals surface area contributed by atoms with E-state index in [1.165, 1.54) is 25.3 Å². The number of H-pyrrole nitrogens is 1. The summed E-state index contributed by atoms with van der Waals surface area (Å²) in [5.41, 5.74) is 3.25. The standard InChI is InChI=1S/C17H18N4O4/c1-11-9-20(10-13-8-18-19-17(11)13)14-5-3-12(4-6-16(22)25-2)7-15(14)21(23)24/h3-8,11H,9-10H2,1-2H3,(H,18,19)/b6-4+. The number of anilines is 1. The second kappa shape index (κ2) is 6.76. The number of fused-ring (bicyclic) bond motifs is 1. The summed E-state index contributed by atoms with van der Waals surface area (Å²) in [6, 6.07) is 4.93. The van der Waals surface area contributed by atoms with Gasteiger partial charge in [0.2, 0.25) is 0 Å². The van der Waals surface area contributed by atoms with E-state index in [9.17, 15) is 14.9 Å². The van der Waals surface area contributed by atoms with Gasteiger partial charge in [0, 0.05) is 42.4 Å². The van der Waals surface area contributed by atoms with Crippen molar-refractivity contribution in [2.24, 2.45) is 0 Å². The van der Waals surface area contributed by atoms with Crippen LogP contribution < -0.4 is 4.90 Å². The average Bonchev–Trinajstić information content (AvgIpc) is 3.08. The lowest BCUT2D eigenvalue weighted by Gasteiger charge is -2.32. The van der Waals surface area contributed by atoms with Crippen LogP contribution >= 0.6 is 0 Å². The molecule has 0 radical (unpaired) electrons. The van der Waals surface area contributed by atoms with E-state index in [2.05, 4.69) is 21.9 Å². The number of benzene rings is 1. The first-order chi connectivity index (χ1) is 12.0. The van der Waals surface area contributed by atoms with E-state index in [0.717, 1.165) is 11.3 Å². The highest BCUT2D eigenvalue weighted by molar-refractivity contribution is 5.87. The third-order valence-electron chi connectivity index (χ3n) is 4.25. The van der Waals surface area contributed by atoms with Crippen LogP contribution in [0.5, 0.6) is 0 Å². The van der Waals surface area contributed by atoms with Gasteiger partial charge >= 0.3 is 5.97 Å². The van der Waals surface area contributed by atoms with E-state index in [4.69, 9.17) is 0 Å². The molecule has 2 aromatic rings. The number of nitrogens with zero attached hydrogens (tertiary/aromatic N) is 3. The van der Waals surface area contributed by atoms with Crippen LogP contribution in [0.15, 0.2) is 30.5 Å². The molecule has 0 fully saturated rings. The van der Waals surface area contributed by atoms with E-state index in [-0.39, 0.29) is 11.6 Å². The molecule has 8 nitrogen and oxygen atoms in total. The molecule has 1 aliphatic heterocycles. The minimum Gasteiger partial charge on any atom is -0.466 e. The lowest BCUT2D eigenvalue weighted by molar-refractivity contribution is -0.384. The summed E-state index contributed by atoms with van der Waals surface area (Å²) in [6.45, 7) is 3.28. The number of nitro benzene ring substituents is 1. The molecule has 1 aromatic heterocycles. The van der Waals surface area contributed by atoms with Crippen molar-refractivity contribution < 1.29 is 14.5 Å². The van der Waals surface area contributed by atoms with Gasteiger partial charge in [-0.2, -0.15) is 5.10 Å². The monoisotopic (exact) mass is 342 g/mol. The van der Waals surface area contributed by atoms with Crippen LogP contribution in [0.2, 0.25) is 0 Å². The Labute approximate surface area is 144 Å². The Hall–Kier alpha value is -3.16. The highest BCUT2D eigenvalue weighted by Crippen LogP contribution is 2.35. The summed E-state index contributed by atoms with van der Waals surface area (Å²) in [4.78, 5) is 24.3. The molecule has 0 aliphatic carbocycles. The highest BCUT2D eigenvalue weighted by Gasteiger charge is 2.28. The molecule has 1 unspecified atom stereocenters. The minimum absolute atomic E-state index is 0.00570. The first kappa shape index (κ1) is 16.7. The molecule has 1 aromatic carbocycles. The number of carbonyl (C=O) groups is 1. The van der Waals surface area contributed by atoms with Crippen molar-refractivity contribution in [1.29, 1.82) is 0 Å². The maximum atomic E-state index is 11.5. The number of hydrogen-bond acceptors (Lipinski definition) is 6. The van der Waals surface area contributed by atoms with Crippen molar-refractivity contribution >= 4 is 23.4 Å². The quantitative estimate of drug-likeness (QED) is 0.397. The van der Waals surface area contributed by atoms with Gasteiger partial charge in [0.15, 0.2) is 0 Å². The molecular formula is C17H18N4O4. The predicted octanol–water partition coefficient (Wildman–Crippen LogP) is 2.63. The number of nitro groups is 1. The number of ether oxygens (including phenoxy) is 1. The number of aromatic amines is 1. The first-order valence-corrected chi connectivity index (χ1v) is 7.81. The molecule has 0 bridgehead atoms. The van der Waals surface area contributed by atoms with Crippen LogP contribution in [-0.4, -0.2) is 34.7 Å². The summed E-state index contributed by atoms with van der Waals surface area (Å²) < 4.78 is 4.53. The number of hydrogen-bond donors (Lipinski definition) is 1. The Bertz CT molecular complexity index is 843. The molecule has 0 saturated heterocycles. The van der Waals surface area contributed by atoms with Crippen molar-refractivity contribution in [3.8, 4) is 0 Å². The highest BCUT2D eigenvalue weighted by atomic mass is 16.6. The summed E-state index contributed by atoms with van der Waals surface area (Å²) in [7, 11) is 1.28. The van der Waals surface area contributed by atoms with E-state index in [0.29, 0.717) is 24.3 Å². The van der Waals surface area contributed by atoms with Gasteiger partial charge in [-0.3, -0.25) is 15.2 Å². The molecule has 3 rings (SSSR count). The predicted molar refractivity (Wildman–Crippen MR) is 92.2 cm³/mol. The van der Waals surface area contributed by atoms with E-state index >= 15 is 0 Å². The van der Waals surface area contributed by atoms with Gasteiger partial charge in [-0.1, -0.05) is 13.0 Å². The van der Waals surface area contributed by atoms with Crippen LogP contribution in [-0.2, 0) is 16.1 Å². The van der Waals surface area contributed by atoms with Crippen LogP contribution in [0.25, 0.3) is 6.08 Å². The van der Waals surface area contributed by atoms with Gasteiger partial charge < -0.3 is 9.64 Å². The molecule has 1 atom stereocenters. The number of rotatable bonds is 4. The maximum absolute atomic E-state index is 11.5. The van der Waals surface area contributed by atoms with Gasteiger partial charge in [-0.15, -0.1) is 0 Å². The minimum atomic E-state index is -0.510. The van der Waals surface area contributed by atoms with Crippen molar-refractivity contribution in [3.05, 3.63) is 57.4 Å². The zero-order valence-electron chi connectivity index (χ0n) is 13.9. The Morgan fingerprint density at radius 1 is 1.52 bits per heavy atom.